The van der Waals surface area contributed by atoms with Crippen LogP contribution in [0.1, 0.15) is 114 Å². The SMILES string of the molecule is CCn1c(-c2cc(N3CCN(C4CC4)CC3)cnc2[C@H](C)OC)c2c3cc(ccc31)-c1csc(n1)C[C@H](NC(=O)[C@H](C1CCCC1)N1CCOC3(CN(C(=O)[C@@H]4N[C@@H]4C4CC4)C3)C1)C(=O)N1CCC[C@H](N1)C(=O)OCC(C)(C)C2. The Kier molecular flexibility index (Phi) is 14.4. The molecular formula is C60H81N11O7S. The number of anilines is 1. The molecule has 0 unspecified atom stereocenters. The fourth-order valence-electron chi connectivity index (χ4n) is 14.3. The number of thiazole rings is 1. The van der Waals surface area contributed by atoms with E-state index in [1.165, 1.54) is 42.0 Å². The Morgan fingerprint density at radius 1 is 0.962 bits per heavy atom. The minimum Gasteiger partial charge on any atom is -0.464 e. The number of fused-ring (bicyclic) bond motifs is 6. The first-order valence-corrected chi connectivity index (χ1v) is 30.7. The molecule has 79 heavy (non-hydrogen) atoms. The number of benzene rings is 1. The number of morpholine rings is 1. The second kappa shape index (κ2) is 21.4. The monoisotopic (exact) mass is 1100 g/mol. The van der Waals surface area contributed by atoms with Gasteiger partial charge < -0.3 is 33.9 Å². The number of pyridine rings is 1. The van der Waals surface area contributed by atoms with Crippen molar-refractivity contribution in [2.24, 2.45) is 17.3 Å². The van der Waals surface area contributed by atoms with Crippen LogP contribution in [0.25, 0.3) is 33.4 Å². The molecule has 5 saturated heterocycles. The van der Waals surface area contributed by atoms with Crippen LogP contribution >= 0.6 is 11.3 Å². The molecule has 6 aliphatic heterocycles. The summed E-state index contributed by atoms with van der Waals surface area (Å²) < 4.78 is 21.2. The minimum absolute atomic E-state index is 0.0781. The number of hydrazine groups is 1. The molecule has 9 heterocycles. The number of hydrogen-bond donors (Lipinski definition) is 3. The van der Waals surface area contributed by atoms with Gasteiger partial charge in [0.15, 0.2) is 0 Å². The number of esters is 1. The van der Waals surface area contributed by atoms with Crippen LogP contribution in [0.4, 0.5) is 5.69 Å². The second-order valence-electron chi connectivity index (χ2n) is 25.4. The second-order valence-corrected chi connectivity index (χ2v) is 26.4. The average molecular weight is 1100 g/mol. The molecule has 18 nitrogen and oxygen atoms in total. The molecule has 3 saturated carbocycles. The van der Waals surface area contributed by atoms with E-state index in [9.17, 15) is 9.59 Å². The lowest BCUT2D eigenvalue weighted by molar-refractivity contribution is -0.197. The Bertz CT molecular complexity index is 2970. The molecule has 9 aliphatic rings. The van der Waals surface area contributed by atoms with E-state index in [-0.39, 0.29) is 48.8 Å². The van der Waals surface area contributed by atoms with Crippen molar-refractivity contribution in [2.45, 2.75) is 159 Å². The summed E-state index contributed by atoms with van der Waals surface area (Å²) in [6.45, 7) is 16.5. The quantitative estimate of drug-likeness (QED) is 0.116. The van der Waals surface area contributed by atoms with Crippen LogP contribution in [0.3, 0.4) is 0 Å². The number of nitrogens with one attached hydrogen (secondary N) is 3. The molecule has 1 spiro atoms. The summed E-state index contributed by atoms with van der Waals surface area (Å²) in [5, 5.41) is 12.2. The number of carbonyl (C=O) groups is 4. The van der Waals surface area contributed by atoms with E-state index in [1.54, 1.807) is 7.11 Å². The number of rotatable bonds is 12. The molecule has 424 valence electrons. The molecule has 6 atom stereocenters. The highest BCUT2D eigenvalue weighted by molar-refractivity contribution is 7.10. The van der Waals surface area contributed by atoms with E-state index in [0.717, 1.165) is 113 Å². The zero-order chi connectivity index (χ0) is 54.3. The predicted molar refractivity (Wildman–Crippen MR) is 302 cm³/mol. The highest BCUT2D eigenvalue weighted by atomic mass is 32.1. The summed E-state index contributed by atoms with van der Waals surface area (Å²) in [5.41, 5.74) is 10.4. The number of hydrogen-bond acceptors (Lipinski definition) is 15. The largest absolute Gasteiger partial charge is 0.464 e. The van der Waals surface area contributed by atoms with Gasteiger partial charge >= 0.3 is 5.97 Å². The van der Waals surface area contributed by atoms with Gasteiger partial charge in [0.05, 0.1) is 72.4 Å². The van der Waals surface area contributed by atoms with Crippen molar-refractivity contribution in [2.75, 3.05) is 84.1 Å². The molecule has 6 bridgehead atoms. The lowest BCUT2D eigenvalue weighted by Crippen LogP contribution is -2.73. The van der Waals surface area contributed by atoms with Crippen molar-refractivity contribution < 1.29 is 33.4 Å². The van der Waals surface area contributed by atoms with Gasteiger partial charge in [-0.05, 0) is 107 Å². The number of piperazine rings is 1. The van der Waals surface area contributed by atoms with Crippen LogP contribution in [0.2, 0.25) is 0 Å². The van der Waals surface area contributed by atoms with E-state index < -0.39 is 35.1 Å². The lowest BCUT2D eigenvalue weighted by atomic mass is 9.84. The number of methoxy groups -OCH3 is 1. The van der Waals surface area contributed by atoms with Crippen LogP contribution in [-0.4, -0.2) is 179 Å². The van der Waals surface area contributed by atoms with Gasteiger partial charge in [-0.1, -0.05) is 32.8 Å². The minimum atomic E-state index is -0.960. The number of amides is 3. The summed E-state index contributed by atoms with van der Waals surface area (Å²) >= 11 is 1.50. The number of carbonyl (C=O) groups excluding carboxylic acids is 4. The predicted octanol–water partition coefficient (Wildman–Crippen LogP) is 5.71. The third kappa shape index (κ3) is 10.6. The molecule has 3 aromatic heterocycles. The standard InChI is InChI=1S/C60H81N11O7S/c1-6-70-48-18-15-39-26-42(48)44(54(70)43-27-41(30-61-50(43)36(2)76-5)67-22-20-66(21-23-67)40-16-17-40)29-59(3,4)35-77-58(75)45-12-9-19-71(65-45)56(73)46(28-49-62-47(39)31-79-49)63-55(72)53(38-10-7-8-11-38)68-24-25-78-60(32-68)33-69(34-60)57(74)52-51(64-52)37-13-14-37/h15,18,26-27,30-31,36-38,40,45-46,51-53,64-65H,6-14,16-17,19-25,28-29,32-35H2,1-5H3,(H,63,72)/t36-,45-,46-,51+,52+,53-/m0/s1. The van der Waals surface area contributed by atoms with Gasteiger partial charge in [-0.2, -0.15) is 0 Å². The summed E-state index contributed by atoms with van der Waals surface area (Å²) in [7, 11) is 1.74. The van der Waals surface area contributed by atoms with Gasteiger partial charge in [0.25, 0.3) is 5.91 Å². The molecule has 8 fully saturated rings. The summed E-state index contributed by atoms with van der Waals surface area (Å²) in [6.07, 6.45) is 12.6. The summed E-state index contributed by atoms with van der Waals surface area (Å²) in [5.74, 6) is 0.0316. The molecule has 19 heteroatoms. The third-order valence-electron chi connectivity index (χ3n) is 19.0. The molecule has 1 aromatic carbocycles. The number of aromatic nitrogens is 3. The highest BCUT2D eigenvalue weighted by Crippen LogP contribution is 2.45. The van der Waals surface area contributed by atoms with E-state index in [1.807, 2.05) is 11.1 Å². The Morgan fingerprint density at radius 3 is 2.51 bits per heavy atom. The van der Waals surface area contributed by atoms with Crippen LogP contribution in [-0.2, 0) is 52.8 Å². The Morgan fingerprint density at radius 2 is 1.76 bits per heavy atom. The van der Waals surface area contributed by atoms with Crippen LogP contribution < -0.4 is 21.0 Å². The van der Waals surface area contributed by atoms with Gasteiger partial charge in [-0.25, -0.2) is 10.4 Å². The van der Waals surface area contributed by atoms with Crippen LogP contribution in [0, 0.1) is 17.3 Å². The molecule has 3 aliphatic carbocycles. The van der Waals surface area contributed by atoms with Crippen molar-refractivity contribution in [1.82, 2.24) is 50.3 Å². The van der Waals surface area contributed by atoms with Gasteiger partial charge in [0.1, 0.15) is 23.7 Å². The molecule has 4 aromatic rings. The normalized spacial score (nSPS) is 27.6. The number of nitrogens with zero attached hydrogens (tertiary/aromatic N) is 8. The topological polar surface area (TPSA) is 189 Å². The molecule has 3 N–H and O–H groups in total. The highest BCUT2D eigenvalue weighted by Gasteiger charge is 2.57. The van der Waals surface area contributed by atoms with Gasteiger partial charge in [0.2, 0.25) is 11.8 Å². The van der Waals surface area contributed by atoms with Crippen molar-refractivity contribution in [3.8, 4) is 22.5 Å². The van der Waals surface area contributed by atoms with Crippen molar-refractivity contribution >= 4 is 51.6 Å². The first-order chi connectivity index (χ1) is 38.3. The molecule has 3 amide bonds. The van der Waals surface area contributed by atoms with E-state index in [4.69, 9.17) is 24.2 Å². The van der Waals surface area contributed by atoms with Crippen molar-refractivity contribution in [3.05, 3.63) is 52.1 Å². The molecule has 13 rings (SSSR count). The van der Waals surface area contributed by atoms with Crippen molar-refractivity contribution in [3.63, 3.8) is 0 Å². The van der Waals surface area contributed by atoms with Crippen LogP contribution in [0.5, 0.6) is 0 Å². The zero-order valence-electron chi connectivity index (χ0n) is 47.0. The fraction of sp³-hybridized carbons (Fsp3) is 0.667. The number of ether oxygens (including phenoxy) is 3. The first-order valence-electron chi connectivity index (χ1n) is 29.9. The fourth-order valence-corrected chi connectivity index (χ4v) is 15.2. The maximum absolute atomic E-state index is 15.2. The van der Waals surface area contributed by atoms with Gasteiger partial charge in [-0.15, -0.1) is 11.3 Å². The zero-order valence-corrected chi connectivity index (χ0v) is 47.8. The van der Waals surface area contributed by atoms with Crippen LogP contribution in [0.15, 0.2) is 35.8 Å². The van der Waals surface area contributed by atoms with E-state index >= 15 is 9.59 Å². The smallest absolute Gasteiger partial charge is 0.324 e. The van der Waals surface area contributed by atoms with Gasteiger partial charge in [-0.3, -0.25) is 44.3 Å². The summed E-state index contributed by atoms with van der Waals surface area (Å²) in [4.78, 5) is 77.8. The Balaban J connectivity index is 0.824. The Hall–Kier alpha value is -5.02. The third-order valence-corrected chi connectivity index (χ3v) is 19.9. The number of likely N-dealkylation sites (tertiary alicyclic amines) is 1. The van der Waals surface area contributed by atoms with E-state index in [2.05, 4.69) is 92.7 Å². The first kappa shape index (κ1) is 53.3. The molecule has 0 radical (unpaired) electrons. The number of cyclic esters (lactones) is 1. The lowest BCUT2D eigenvalue weighted by Gasteiger charge is -2.55. The van der Waals surface area contributed by atoms with E-state index in [0.29, 0.717) is 77.1 Å². The maximum atomic E-state index is 15.2. The number of aryl methyl sites for hydroxylation is 1. The molecular weight excluding hydrogens is 1020 g/mol. The van der Waals surface area contributed by atoms with Crippen molar-refractivity contribution in [1.29, 1.82) is 0 Å². The Labute approximate surface area is 468 Å². The van der Waals surface area contributed by atoms with Gasteiger partial charge in [0, 0.05) is 111 Å². The summed E-state index contributed by atoms with van der Waals surface area (Å²) in [6, 6.07) is 7.75. The maximum Gasteiger partial charge on any atom is 0.324 e. The average Bonchev–Trinajstić information content (AvgIpc) is 4.57.